The van der Waals surface area contributed by atoms with E-state index in [4.69, 9.17) is 10.5 Å². The van der Waals surface area contributed by atoms with Crippen molar-refractivity contribution in [2.45, 2.75) is 12.8 Å². The van der Waals surface area contributed by atoms with Crippen LogP contribution < -0.4 is 10.5 Å². The van der Waals surface area contributed by atoms with E-state index >= 15 is 0 Å². The maximum atomic E-state index is 13.7. The van der Waals surface area contributed by atoms with Gasteiger partial charge in [-0.2, -0.15) is 0 Å². The third-order valence-electron chi connectivity index (χ3n) is 2.26. The summed E-state index contributed by atoms with van der Waals surface area (Å²) in [6.45, 7) is 2.09. The molecule has 0 heterocycles. The molecule has 0 amide bonds. The van der Waals surface area contributed by atoms with Crippen molar-refractivity contribution >= 4 is 15.9 Å². The van der Waals surface area contributed by atoms with Crippen molar-refractivity contribution in [1.29, 1.82) is 0 Å². The highest BCUT2D eigenvalue weighted by Gasteiger charge is 2.20. The summed E-state index contributed by atoms with van der Waals surface area (Å²) in [5.41, 5.74) is 5.83. The van der Waals surface area contributed by atoms with E-state index in [1.54, 1.807) is 6.92 Å². The van der Waals surface area contributed by atoms with Crippen LogP contribution in [0.2, 0.25) is 0 Å². The third kappa shape index (κ3) is 2.23. The number of hydrogen-bond donors (Lipinski definition) is 2. The average Bonchev–Trinajstić information content (AvgIpc) is 2.23. The first-order chi connectivity index (χ1) is 7.02. The monoisotopic (exact) mass is 277 g/mol. The minimum Gasteiger partial charge on any atom is -0.502 e. The fourth-order valence-corrected chi connectivity index (χ4v) is 2.10. The first-order valence-electron chi connectivity index (χ1n) is 4.47. The summed E-state index contributed by atoms with van der Waals surface area (Å²) >= 11 is 3.23. The molecule has 1 atom stereocenters. The van der Waals surface area contributed by atoms with Crippen LogP contribution in [0.3, 0.4) is 0 Å². The van der Waals surface area contributed by atoms with Gasteiger partial charge in [0.05, 0.1) is 7.11 Å². The van der Waals surface area contributed by atoms with Gasteiger partial charge in [-0.3, -0.25) is 0 Å². The normalized spacial score (nSPS) is 12.6. The number of ether oxygens (including phenoxy) is 1. The van der Waals surface area contributed by atoms with Gasteiger partial charge in [-0.25, -0.2) is 4.39 Å². The third-order valence-corrected chi connectivity index (χ3v) is 2.92. The van der Waals surface area contributed by atoms with E-state index < -0.39 is 11.6 Å². The lowest BCUT2D eigenvalue weighted by atomic mass is 10.00. The summed E-state index contributed by atoms with van der Waals surface area (Å²) in [6.07, 6.45) is 0. The predicted molar refractivity (Wildman–Crippen MR) is 59.8 cm³/mol. The molecule has 1 unspecified atom stereocenters. The fourth-order valence-electron chi connectivity index (χ4n) is 1.33. The molecule has 0 radical (unpaired) electrons. The van der Waals surface area contributed by atoms with Gasteiger partial charge in [-0.15, -0.1) is 0 Å². The number of nitrogens with two attached hydrogens (primary N) is 1. The largest absolute Gasteiger partial charge is 0.502 e. The molecule has 0 aliphatic heterocycles. The Morgan fingerprint density at radius 2 is 2.27 bits per heavy atom. The number of benzene rings is 1. The van der Waals surface area contributed by atoms with Crippen LogP contribution >= 0.6 is 15.9 Å². The maximum Gasteiger partial charge on any atom is 0.194 e. The summed E-state index contributed by atoms with van der Waals surface area (Å²) in [7, 11) is 1.37. The highest BCUT2D eigenvalue weighted by Crippen LogP contribution is 2.39. The second kappa shape index (κ2) is 4.81. The summed E-state index contributed by atoms with van der Waals surface area (Å²) in [5.74, 6) is -1.22. The molecule has 3 nitrogen and oxygen atoms in total. The second-order valence-electron chi connectivity index (χ2n) is 3.27. The van der Waals surface area contributed by atoms with Gasteiger partial charge in [-0.05, 0) is 18.5 Å². The van der Waals surface area contributed by atoms with Gasteiger partial charge in [0.1, 0.15) is 0 Å². The van der Waals surface area contributed by atoms with E-state index in [0.717, 1.165) is 0 Å². The van der Waals surface area contributed by atoms with Gasteiger partial charge >= 0.3 is 0 Å². The Morgan fingerprint density at radius 1 is 1.67 bits per heavy atom. The predicted octanol–water partition coefficient (Wildman–Crippen LogP) is 2.36. The van der Waals surface area contributed by atoms with Crippen LogP contribution in [0.15, 0.2) is 10.5 Å². The number of rotatable bonds is 3. The molecule has 0 spiro atoms. The molecule has 0 bridgehead atoms. The molecule has 1 rings (SSSR count). The van der Waals surface area contributed by atoms with Crippen LogP contribution in [-0.4, -0.2) is 18.8 Å². The Kier molecular flexibility index (Phi) is 3.93. The zero-order chi connectivity index (χ0) is 11.6. The standard InChI is InChI=1S/C10H13BrFNO2/c1-5(4-13)8-6(11)3-7(15-2)10(14)9(8)12/h3,5,14H,4,13H2,1-2H3. The molecule has 0 saturated carbocycles. The second-order valence-corrected chi connectivity index (χ2v) is 4.13. The van der Waals surface area contributed by atoms with Crippen molar-refractivity contribution in [1.82, 2.24) is 0 Å². The molecular formula is C10H13BrFNO2. The SMILES string of the molecule is COc1cc(Br)c(C(C)CN)c(F)c1O. The van der Waals surface area contributed by atoms with Crippen LogP contribution in [0.4, 0.5) is 4.39 Å². The Balaban J connectivity index is 3.35. The lowest BCUT2D eigenvalue weighted by Crippen LogP contribution is -2.11. The van der Waals surface area contributed by atoms with Crippen molar-refractivity contribution < 1.29 is 14.2 Å². The van der Waals surface area contributed by atoms with Crippen LogP contribution in [-0.2, 0) is 0 Å². The lowest BCUT2D eigenvalue weighted by molar-refractivity contribution is 0.354. The van der Waals surface area contributed by atoms with Gasteiger partial charge in [0, 0.05) is 10.0 Å². The molecule has 15 heavy (non-hydrogen) atoms. The van der Waals surface area contributed by atoms with Crippen LogP contribution in [0.25, 0.3) is 0 Å². The topological polar surface area (TPSA) is 55.5 Å². The molecule has 0 saturated heterocycles. The van der Waals surface area contributed by atoms with Crippen molar-refractivity contribution in [3.05, 3.63) is 21.9 Å². The number of phenolic OH excluding ortho intramolecular Hbond substituents is 1. The molecule has 1 aromatic carbocycles. The minimum absolute atomic E-state index is 0.104. The Hall–Kier alpha value is -0.810. The summed E-state index contributed by atoms with van der Waals surface area (Å²) in [6, 6.07) is 1.53. The number of methoxy groups -OCH3 is 1. The van der Waals surface area contributed by atoms with Crippen LogP contribution in [0.5, 0.6) is 11.5 Å². The first-order valence-corrected chi connectivity index (χ1v) is 5.27. The minimum atomic E-state index is -0.681. The lowest BCUT2D eigenvalue weighted by Gasteiger charge is -2.15. The number of halogens is 2. The highest BCUT2D eigenvalue weighted by atomic mass is 79.9. The number of aromatic hydroxyl groups is 1. The average molecular weight is 278 g/mol. The summed E-state index contributed by atoms with van der Waals surface area (Å²) in [4.78, 5) is 0. The highest BCUT2D eigenvalue weighted by molar-refractivity contribution is 9.10. The van der Waals surface area contributed by atoms with E-state index in [1.807, 2.05) is 0 Å². The Morgan fingerprint density at radius 3 is 2.73 bits per heavy atom. The van der Waals surface area contributed by atoms with Crippen molar-refractivity contribution in [3.8, 4) is 11.5 Å². The Labute approximate surface area is 96.2 Å². The maximum absolute atomic E-state index is 13.7. The molecule has 3 N–H and O–H groups in total. The fraction of sp³-hybridized carbons (Fsp3) is 0.400. The molecule has 84 valence electrons. The summed E-state index contributed by atoms with van der Waals surface area (Å²) in [5, 5.41) is 9.49. The van der Waals surface area contributed by atoms with Gasteiger partial charge in [0.15, 0.2) is 17.3 Å². The molecule has 0 aromatic heterocycles. The van der Waals surface area contributed by atoms with Crippen molar-refractivity contribution in [3.63, 3.8) is 0 Å². The molecule has 1 aromatic rings. The van der Waals surface area contributed by atoms with E-state index in [1.165, 1.54) is 13.2 Å². The quantitative estimate of drug-likeness (QED) is 0.892. The van der Waals surface area contributed by atoms with Gasteiger partial charge in [0.25, 0.3) is 0 Å². The zero-order valence-corrected chi connectivity index (χ0v) is 10.1. The van der Waals surface area contributed by atoms with Gasteiger partial charge < -0.3 is 15.6 Å². The van der Waals surface area contributed by atoms with Crippen molar-refractivity contribution in [2.75, 3.05) is 13.7 Å². The Bertz CT molecular complexity index is 371. The first kappa shape index (κ1) is 12.3. The molecule has 0 aliphatic rings. The number of hydrogen-bond acceptors (Lipinski definition) is 3. The van der Waals surface area contributed by atoms with Crippen LogP contribution in [0, 0.1) is 5.82 Å². The van der Waals surface area contributed by atoms with E-state index in [0.29, 0.717) is 16.6 Å². The summed E-state index contributed by atoms with van der Waals surface area (Å²) < 4.78 is 19.1. The molecule has 0 fully saturated rings. The van der Waals surface area contributed by atoms with E-state index in [9.17, 15) is 9.50 Å². The molecular weight excluding hydrogens is 265 g/mol. The van der Waals surface area contributed by atoms with E-state index in [-0.39, 0.29) is 11.7 Å². The molecule has 5 heteroatoms. The van der Waals surface area contributed by atoms with E-state index in [2.05, 4.69) is 15.9 Å². The van der Waals surface area contributed by atoms with Crippen LogP contribution in [0.1, 0.15) is 18.4 Å². The van der Waals surface area contributed by atoms with Gasteiger partial charge in [-0.1, -0.05) is 22.9 Å². The number of phenols is 1. The smallest absolute Gasteiger partial charge is 0.194 e. The van der Waals surface area contributed by atoms with Crippen molar-refractivity contribution in [2.24, 2.45) is 5.73 Å². The van der Waals surface area contributed by atoms with Gasteiger partial charge in [0.2, 0.25) is 0 Å². The molecule has 0 aliphatic carbocycles. The zero-order valence-electron chi connectivity index (χ0n) is 8.55.